The van der Waals surface area contributed by atoms with Gasteiger partial charge in [-0.05, 0) is 35.1 Å². The molecular weight excluding hydrogens is 247 g/mol. The van der Waals surface area contributed by atoms with Gasteiger partial charge in [-0.1, -0.05) is 69.7 Å². The maximum absolute atomic E-state index is 13.6. The summed E-state index contributed by atoms with van der Waals surface area (Å²) in [5, 5.41) is 0. The summed E-state index contributed by atoms with van der Waals surface area (Å²) in [5.74, 6) is 1.19. The van der Waals surface area contributed by atoms with Gasteiger partial charge in [0.05, 0.1) is 0 Å². The summed E-state index contributed by atoms with van der Waals surface area (Å²) < 4.78 is 13.6. The van der Waals surface area contributed by atoms with E-state index in [1.807, 2.05) is 18.2 Å². The van der Waals surface area contributed by atoms with Crippen LogP contribution in [-0.2, 0) is 0 Å². The molecule has 0 bridgehead atoms. The Morgan fingerprint density at radius 1 is 0.900 bits per heavy atom. The van der Waals surface area contributed by atoms with Crippen molar-refractivity contribution in [3.05, 3.63) is 71.5 Å². The highest BCUT2D eigenvalue weighted by atomic mass is 19.1. The molecule has 2 aromatic rings. The van der Waals surface area contributed by atoms with Gasteiger partial charge in [-0.15, -0.1) is 0 Å². The number of hydrogen-bond donors (Lipinski definition) is 0. The maximum Gasteiger partial charge on any atom is 0.123 e. The number of halogens is 1. The molecule has 20 heavy (non-hydrogen) atoms. The van der Waals surface area contributed by atoms with Crippen LogP contribution in [0.2, 0.25) is 0 Å². The van der Waals surface area contributed by atoms with Gasteiger partial charge in [-0.25, -0.2) is 4.39 Å². The first-order valence-corrected chi connectivity index (χ1v) is 7.44. The summed E-state index contributed by atoms with van der Waals surface area (Å²) in [7, 11) is 0. The van der Waals surface area contributed by atoms with Crippen molar-refractivity contribution in [2.75, 3.05) is 0 Å². The van der Waals surface area contributed by atoms with Crippen molar-refractivity contribution in [2.24, 2.45) is 11.8 Å². The molecule has 0 nitrogen and oxygen atoms in total. The Labute approximate surface area is 121 Å². The van der Waals surface area contributed by atoms with Gasteiger partial charge in [0.1, 0.15) is 5.82 Å². The maximum atomic E-state index is 13.6. The summed E-state index contributed by atoms with van der Waals surface area (Å²) in [6.07, 6.45) is 1.09. The highest BCUT2D eigenvalue weighted by molar-refractivity contribution is 5.33. The van der Waals surface area contributed by atoms with Gasteiger partial charge in [0, 0.05) is 5.92 Å². The van der Waals surface area contributed by atoms with Crippen LogP contribution in [-0.4, -0.2) is 0 Å². The lowest BCUT2D eigenvalue weighted by molar-refractivity contribution is 0.334. The first kappa shape index (κ1) is 14.8. The summed E-state index contributed by atoms with van der Waals surface area (Å²) >= 11 is 0. The van der Waals surface area contributed by atoms with E-state index in [4.69, 9.17) is 0 Å². The normalized spacial score (nSPS) is 14.2. The first-order valence-electron chi connectivity index (χ1n) is 7.44. The van der Waals surface area contributed by atoms with Gasteiger partial charge in [-0.2, -0.15) is 0 Å². The lowest BCUT2D eigenvalue weighted by Gasteiger charge is -2.30. The minimum Gasteiger partial charge on any atom is -0.207 e. The Kier molecular flexibility index (Phi) is 4.94. The summed E-state index contributed by atoms with van der Waals surface area (Å²) in [5.41, 5.74) is 2.36. The molecular formula is C19H23F. The van der Waals surface area contributed by atoms with Crippen LogP contribution in [0.15, 0.2) is 54.6 Å². The van der Waals surface area contributed by atoms with Gasteiger partial charge < -0.3 is 0 Å². The molecule has 1 unspecified atom stereocenters. The zero-order valence-corrected chi connectivity index (χ0v) is 12.5. The standard InChI is InChI=1S/C19H23F/c1-4-18(14(2)3)19(15-9-6-5-7-10-15)16-11-8-12-17(20)13-16/h5-14,18-19H,4H2,1-3H3/t18-,19?/m1/s1. The van der Waals surface area contributed by atoms with Crippen LogP contribution < -0.4 is 0 Å². The Hall–Kier alpha value is -1.63. The van der Waals surface area contributed by atoms with Crippen LogP contribution >= 0.6 is 0 Å². The van der Waals surface area contributed by atoms with Crippen molar-refractivity contribution in [2.45, 2.75) is 33.1 Å². The lowest BCUT2D eigenvalue weighted by atomic mass is 9.74. The number of hydrogen-bond acceptors (Lipinski definition) is 0. The monoisotopic (exact) mass is 270 g/mol. The van der Waals surface area contributed by atoms with Crippen molar-refractivity contribution in [3.63, 3.8) is 0 Å². The van der Waals surface area contributed by atoms with E-state index >= 15 is 0 Å². The fraction of sp³-hybridized carbons (Fsp3) is 0.368. The molecule has 106 valence electrons. The molecule has 0 N–H and O–H groups in total. The molecule has 0 heterocycles. The van der Waals surface area contributed by atoms with E-state index < -0.39 is 0 Å². The van der Waals surface area contributed by atoms with E-state index in [9.17, 15) is 4.39 Å². The van der Waals surface area contributed by atoms with Crippen LogP contribution in [0.3, 0.4) is 0 Å². The van der Waals surface area contributed by atoms with Gasteiger partial charge in [0.15, 0.2) is 0 Å². The van der Waals surface area contributed by atoms with Crippen molar-refractivity contribution in [1.29, 1.82) is 0 Å². The Balaban J connectivity index is 2.49. The third-order valence-electron chi connectivity index (χ3n) is 4.12. The zero-order valence-electron chi connectivity index (χ0n) is 12.5. The van der Waals surface area contributed by atoms with Crippen molar-refractivity contribution in [3.8, 4) is 0 Å². The smallest absolute Gasteiger partial charge is 0.123 e. The van der Waals surface area contributed by atoms with E-state index in [1.165, 1.54) is 11.6 Å². The second-order valence-corrected chi connectivity index (χ2v) is 5.76. The molecule has 0 saturated carbocycles. The van der Waals surface area contributed by atoms with Crippen LogP contribution in [0.25, 0.3) is 0 Å². The molecule has 0 amide bonds. The molecule has 0 radical (unpaired) electrons. The highest BCUT2D eigenvalue weighted by Gasteiger charge is 2.26. The number of rotatable bonds is 5. The Morgan fingerprint density at radius 2 is 1.55 bits per heavy atom. The van der Waals surface area contributed by atoms with Crippen LogP contribution in [0, 0.1) is 17.7 Å². The number of benzene rings is 2. The van der Waals surface area contributed by atoms with Gasteiger partial charge in [-0.3, -0.25) is 0 Å². The minimum atomic E-state index is -0.151. The Bertz CT molecular complexity index is 530. The predicted molar refractivity (Wildman–Crippen MR) is 83.3 cm³/mol. The molecule has 2 aromatic carbocycles. The van der Waals surface area contributed by atoms with E-state index in [0.29, 0.717) is 11.8 Å². The topological polar surface area (TPSA) is 0 Å². The molecule has 0 spiro atoms. The SMILES string of the molecule is CC[C@H](C(C)C)C(c1ccccc1)c1cccc(F)c1. The lowest BCUT2D eigenvalue weighted by Crippen LogP contribution is -2.19. The van der Waals surface area contributed by atoms with E-state index in [1.54, 1.807) is 6.07 Å². The summed E-state index contributed by atoms with van der Waals surface area (Å²) in [4.78, 5) is 0. The second kappa shape index (κ2) is 6.69. The van der Waals surface area contributed by atoms with Crippen molar-refractivity contribution >= 4 is 0 Å². The average Bonchev–Trinajstić information content (AvgIpc) is 2.45. The third kappa shape index (κ3) is 3.27. The Morgan fingerprint density at radius 3 is 2.10 bits per heavy atom. The minimum absolute atomic E-state index is 0.151. The largest absolute Gasteiger partial charge is 0.207 e. The summed E-state index contributed by atoms with van der Waals surface area (Å²) in [6.45, 7) is 6.73. The average molecular weight is 270 g/mol. The van der Waals surface area contributed by atoms with Gasteiger partial charge in [0.2, 0.25) is 0 Å². The predicted octanol–water partition coefficient (Wildman–Crippen LogP) is 5.64. The third-order valence-corrected chi connectivity index (χ3v) is 4.12. The molecule has 0 saturated heterocycles. The van der Waals surface area contributed by atoms with E-state index in [2.05, 4.69) is 45.0 Å². The molecule has 0 aliphatic heterocycles. The van der Waals surface area contributed by atoms with Crippen LogP contribution in [0.4, 0.5) is 4.39 Å². The molecule has 1 heteroatoms. The highest BCUT2D eigenvalue weighted by Crippen LogP contribution is 2.38. The van der Waals surface area contributed by atoms with E-state index in [0.717, 1.165) is 12.0 Å². The second-order valence-electron chi connectivity index (χ2n) is 5.76. The molecule has 0 aliphatic rings. The fourth-order valence-electron chi connectivity index (χ4n) is 3.14. The van der Waals surface area contributed by atoms with Gasteiger partial charge >= 0.3 is 0 Å². The summed E-state index contributed by atoms with van der Waals surface area (Å²) in [6, 6.07) is 17.5. The molecule has 0 aromatic heterocycles. The van der Waals surface area contributed by atoms with Crippen molar-refractivity contribution in [1.82, 2.24) is 0 Å². The van der Waals surface area contributed by atoms with E-state index in [-0.39, 0.29) is 11.7 Å². The quantitative estimate of drug-likeness (QED) is 0.659. The fourth-order valence-corrected chi connectivity index (χ4v) is 3.14. The molecule has 0 fully saturated rings. The molecule has 0 aliphatic carbocycles. The molecule has 2 atom stereocenters. The zero-order chi connectivity index (χ0) is 14.5. The van der Waals surface area contributed by atoms with Crippen LogP contribution in [0.1, 0.15) is 44.2 Å². The molecule has 2 rings (SSSR count). The van der Waals surface area contributed by atoms with Crippen LogP contribution in [0.5, 0.6) is 0 Å². The van der Waals surface area contributed by atoms with Crippen molar-refractivity contribution < 1.29 is 4.39 Å². The first-order chi connectivity index (χ1) is 9.63. The van der Waals surface area contributed by atoms with Gasteiger partial charge in [0.25, 0.3) is 0 Å².